The van der Waals surface area contributed by atoms with Crippen LogP contribution in [0.15, 0.2) is 68.9 Å². The van der Waals surface area contributed by atoms with Crippen LogP contribution in [0.1, 0.15) is 35.7 Å². The van der Waals surface area contributed by atoms with E-state index in [2.05, 4.69) is 10.3 Å². The van der Waals surface area contributed by atoms with Crippen molar-refractivity contribution in [3.63, 3.8) is 0 Å². The van der Waals surface area contributed by atoms with Crippen molar-refractivity contribution in [2.45, 2.75) is 20.5 Å². The smallest absolute Gasteiger partial charge is 0.371 e. The Morgan fingerprint density at radius 3 is 2.50 bits per heavy atom. The van der Waals surface area contributed by atoms with Gasteiger partial charge in [0.05, 0.1) is 23.8 Å². The normalized spacial score (nSPS) is 15.2. The van der Waals surface area contributed by atoms with Crippen LogP contribution in [0.4, 0.5) is 5.69 Å². The van der Waals surface area contributed by atoms with Crippen LogP contribution in [0.2, 0.25) is 0 Å². The average Bonchev–Trinajstić information content (AvgIpc) is 3.47. The number of carboxylic acid groups (broad SMARTS) is 1. The standard InChI is InChI=1S/C26H24N2O7S/c1-3-32-18-8-6-17(7-9-18)27-26-28-24(29)23(36-26)14-16-5-11-20(22(13-16)33-4-2)34-15-19-10-12-21(35-19)25(30)31/h5-14H,3-4,15H2,1-2H3,(H,30,31)(H,27,28,29). The molecule has 4 rings (SSSR count). The van der Waals surface area contributed by atoms with Gasteiger partial charge in [0.1, 0.15) is 18.1 Å². The Morgan fingerprint density at radius 1 is 1.03 bits per heavy atom. The van der Waals surface area contributed by atoms with Crippen molar-refractivity contribution >= 4 is 40.6 Å². The Labute approximate surface area is 211 Å². The lowest BCUT2D eigenvalue weighted by Crippen LogP contribution is -2.19. The van der Waals surface area contributed by atoms with E-state index >= 15 is 0 Å². The second kappa shape index (κ2) is 11.5. The van der Waals surface area contributed by atoms with Gasteiger partial charge in [-0.15, -0.1) is 0 Å². The minimum atomic E-state index is -1.14. The summed E-state index contributed by atoms with van der Waals surface area (Å²) < 4.78 is 22.1. The number of furan rings is 1. The summed E-state index contributed by atoms with van der Waals surface area (Å²) in [6, 6.07) is 15.5. The zero-order valence-corrected chi connectivity index (χ0v) is 20.5. The minimum Gasteiger partial charge on any atom is -0.494 e. The van der Waals surface area contributed by atoms with Gasteiger partial charge in [-0.05, 0) is 85.8 Å². The number of carbonyl (C=O) groups is 2. The fraction of sp³-hybridized carbons (Fsp3) is 0.192. The third-order valence-corrected chi connectivity index (χ3v) is 5.75. The molecule has 36 heavy (non-hydrogen) atoms. The Bertz CT molecular complexity index is 1310. The molecule has 0 spiro atoms. The Morgan fingerprint density at radius 2 is 1.81 bits per heavy atom. The molecule has 2 aromatic carbocycles. The number of hydrogen-bond donors (Lipinski definition) is 2. The maximum absolute atomic E-state index is 12.5. The number of aromatic carboxylic acids is 1. The molecule has 1 aliphatic rings. The number of amides is 1. The number of amidine groups is 1. The van der Waals surface area contributed by atoms with Gasteiger partial charge in [0, 0.05) is 0 Å². The molecule has 0 radical (unpaired) electrons. The highest BCUT2D eigenvalue weighted by atomic mass is 32.2. The van der Waals surface area contributed by atoms with Crippen LogP contribution in [-0.2, 0) is 11.4 Å². The summed E-state index contributed by atoms with van der Waals surface area (Å²) in [4.78, 5) is 28.5. The first-order valence-corrected chi connectivity index (χ1v) is 12.0. The number of aliphatic imine (C=N–C) groups is 1. The highest BCUT2D eigenvalue weighted by Crippen LogP contribution is 2.33. The van der Waals surface area contributed by atoms with E-state index in [0.717, 1.165) is 11.3 Å². The van der Waals surface area contributed by atoms with Crippen molar-refractivity contribution in [3.05, 3.63) is 76.6 Å². The first-order valence-electron chi connectivity index (χ1n) is 11.2. The Kier molecular flexibility index (Phi) is 7.96. The minimum absolute atomic E-state index is 0.0391. The van der Waals surface area contributed by atoms with Gasteiger partial charge in [-0.25, -0.2) is 9.79 Å². The third-order valence-electron chi connectivity index (χ3n) is 4.84. The number of benzene rings is 2. The molecule has 0 unspecified atom stereocenters. The summed E-state index contributed by atoms with van der Waals surface area (Å²) in [7, 11) is 0. The number of rotatable bonds is 10. The zero-order chi connectivity index (χ0) is 25.5. The summed E-state index contributed by atoms with van der Waals surface area (Å²) in [6.07, 6.45) is 1.75. The van der Waals surface area contributed by atoms with Crippen molar-refractivity contribution in [2.75, 3.05) is 13.2 Å². The first-order chi connectivity index (χ1) is 17.4. The molecule has 1 aliphatic heterocycles. The number of carboxylic acids is 1. The van der Waals surface area contributed by atoms with Gasteiger partial charge in [-0.3, -0.25) is 4.79 Å². The number of carbonyl (C=O) groups excluding carboxylic acids is 1. The lowest BCUT2D eigenvalue weighted by molar-refractivity contribution is -0.115. The molecule has 0 bridgehead atoms. The van der Waals surface area contributed by atoms with Crippen LogP contribution in [0.25, 0.3) is 6.08 Å². The summed E-state index contributed by atoms with van der Waals surface area (Å²) in [5, 5.41) is 12.2. The molecule has 1 fully saturated rings. The number of nitrogens with zero attached hydrogens (tertiary/aromatic N) is 1. The monoisotopic (exact) mass is 508 g/mol. The molecule has 9 nitrogen and oxygen atoms in total. The molecule has 1 aromatic heterocycles. The number of ether oxygens (including phenoxy) is 3. The lowest BCUT2D eigenvalue weighted by Gasteiger charge is -2.12. The van der Waals surface area contributed by atoms with E-state index in [1.165, 1.54) is 17.8 Å². The molecule has 2 heterocycles. The number of thioether (sulfide) groups is 1. The Balaban J connectivity index is 1.46. The molecular weight excluding hydrogens is 484 g/mol. The highest BCUT2D eigenvalue weighted by molar-refractivity contribution is 8.18. The molecule has 0 aliphatic carbocycles. The molecule has 0 saturated carbocycles. The van der Waals surface area contributed by atoms with Crippen molar-refractivity contribution in [2.24, 2.45) is 4.99 Å². The summed E-state index contributed by atoms with van der Waals surface area (Å²) in [5.41, 5.74) is 1.45. The molecule has 1 saturated heterocycles. The van der Waals surface area contributed by atoms with Crippen molar-refractivity contribution in [1.29, 1.82) is 0 Å². The topological polar surface area (TPSA) is 120 Å². The quantitative estimate of drug-likeness (QED) is 0.357. The van der Waals surface area contributed by atoms with Crippen molar-refractivity contribution in [3.8, 4) is 17.2 Å². The van der Waals surface area contributed by atoms with Crippen molar-refractivity contribution in [1.82, 2.24) is 5.32 Å². The van der Waals surface area contributed by atoms with Gasteiger partial charge in [0.2, 0.25) is 5.76 Å². The predicted molar refractivity (Wildman–Crippen MR) is 136 cm³/mol. The Hall–Kier alpha value is -4.18. The van der Waals surface area contributed by atoms with E-state index in [9.17, 15) is 9.59 Å². The van der Waals surface area contributed by atoms with E-state index < -0.39 is 5.97 Å². The molecule has 2 N–H and O–H groups in total. The third kappa shape index (κ3) is 6.28. The fourth-order valence-electron chi connectivity index (χ4n) is 3.25. The zero-order valence-electron chi connectivity index (χ0n) is 19.6. The van der Waals surface area contributed by atoms with E-state index in [4.69, 9.17) is 23.7 Å². The van der Waals surface area contributed by atoms with Gasteiger partial charge in [-0.1, -0.05) is 6.07 Å². The first kappa shape index (κ1) is 24.9. The average molecular weight is 509 g/mol. The van der Waals surface area contributed by atoms with Gasteiger partial charge >= 0.3 is 5.97 Å². The van der Waals surface area contributed by atoms with Crippen LogP contribution in [0.5, 0.6) is 17.2 Å². The number of nitrogens with one attached hydrogen (secondary N) is 1. The fourth-order valence-corrected chi connectivity index (χ4v) is 4.10. The maximum Gasteiger partial charge on any atom is 0.371 e. The second-order valence-electron chi connectivity index (χ2n) is 7.41. The van der Waals surface area contributed by atoms with E-state index in [1.807, 2.05) is 38.1 Å². The molecule has 0 atom stereocenters. The van der Waals surface area contributed by atoms with Gasteiger partial charge in [0.15, 0.2) is 16.7 Å². The van der Waals surface area contributed by atoms with Crippen LogP contribution in [0.3, 0.4) is 0 Å². The van der Waals surface area contributed by atoms with E-state index in [-0.39, 0.29) is 18.3 Å². The largest absolute Gasteiger partial charge is 0.494 e. The van der Waals surface area contributed by atoms with Gasteiger partial charge in [0.25, 0.3) is 5.91 Å². The van der Waals surface area contributed by atoms with Crippen molar-refractivity contribution < 1.29 is 33.3 Å². The predicted octanol–water partition coefficient (Wildman–Crippen LogP) is 5.25. The second-order valence-corrected chi connectivity index (χ2v) is 8.44. The van der Waals surface area contributed by atoms with Gasteiger partial charge in [-0.2, -0.15) is 0 Å². The van der Waals surface area contributed by atoms with Crippen LogP contribution in [-0.4, -0.2) is 35.4 Å². The lowest BCUT2D eigenvalue weighted by atomic mass is 10.2. The summed E-state index contributed by atoms with van der Waals surface area (Å²) in [5.74, 6) is 0.553. The van der Waals surface area contributed by atoms with Gasteiger partial charge < -0.3 is 29.1 Å². The van der Waals surface area contributed by atoms with E-state index in [0.29, 0.717) is 46.2 Å². The molecule has 3 aromatic rings. The molecule has 186 valence electrons. The molecule has 10 heteroatoms. The van der Waals surface area contributed by atoms with Crippen LogP contribution >= 0.6 is 11.8 Å². The van der Waals surface area contributed by atoms with Crippen LogP contribution in [0, 0.1) is 0 Å². The molecule has 1 amide bonds. The summed E-state index contributed by atoms with van der Waals surface area (Å²) >= 11 is 1.25. The number of hydrogen-bond acceptors (Lipinski definition) is 8. The van der Waals surface area contributed by atoms with E-state index in [1.54, 1.807) is 30.3 Å². The summed E-state index contributed by atoms with van der Waals surface area (Å²) in [6.45, 7) is 4.81. The van der Waals surface area contributed by atoms with Crippen LogP contribution < -0.4 is 19.5 Å². The molecular formula is C26H24N2O7S. The maximum atomic E-state index is 12.5. The SMILES string of the molecule is CCOc1ccc(N=C2NC(=O)C(=Cc3ccc(OCc4ccc(C(=O)O)o4)c(OCC)c3)S2)cc1. The highest BCUT2D eigenvalue weighted by Gasteiger charge is 2.24.